The Labute approximate surface area is 158 Å². The van der Waals surface area contributed by atoms with Crippen molar-refractivity contribution < 1.29 is 4.39 Å². The normalized spacial score (nSPS) is 10.8. The minimum Gasteiger partial charge on any atom is -0.356 e. The van der Waals surface area contributed by atoms with Gasteiger partial charge in [0.15, 0.2) is 5.96 Å². The highest BCUT2D eigenvalue weighted by Gasteiger charge is 2.02. The van der Waals surface area contributed by atoms with E-state index in [2.05, 4.69) is 15.6 Å². The minimum atomic E-state index is -0.218. The summed E-state index contributed by atoms with van der Waals surface area (Å²) in [7, 11) is 1.69. The first kappa shape index (κ1) is 19.7. The van der Waals surface area contributed by atoms with Crippen LogP contribution in [0.1, 0.15) is 11.1 Å². The molecule has 0 unspecified atom stereocenters. The molecule has 2 rings (SSSR count). The van der Waals surface area contributed by atoms with Crippen LogP contribution in [0.3, 0.4) is 0 Å². The van der Waals surface area contributed by atoms with Crippen LogP contribution in [-0.2, 0) is 13.0 Å². The number of nitrogens with zero attached hydrogens (tertiary/aromatic N) is 1. The van der Waals surface area contributed by atoms with Gasteiger partial charge in [0, 0.05) is 30.7 Å². The highest BCUT2D eigenvalue weighted by molar-refractivity contribution is 14.0. The Kier molecular flexibility index (Phi) is 8.94. The molecule has 2 N–H and O–H groups in total. The summed E-state index contributed by atoms with van der Waals surface area (Å²) in [5.74, 6) is 0.426. The van der Waals surface area contributed by atoms with Crippen LogP contribution in [0.5, 0.6) is 0 Å². The summed E-state index contributed by atoms with van der Waals surface area (Å²) < 4.78 is 13.5. The standard InChI is InChI=1S/C17H19ClFN3.HI/c1-20-17(22-12-14-6-2-3-8-16(14)19)21-10-9-13-5-4-7-15(18)11-13;/h2-8,11H,9-10,12H2,1H3,(H2,20,21,22);1H. The van der Waals surface area contributed by atoms with Crippen molar-refractivity contribution in [3.8, 4) is 0 Å². The Bertz CT molecular complexity index is 649. The molecule has 3 nitrogen and oxygen atoms in total. The average Bonchev–Trinajstić information content (AvgIpc) is 2.52. The lowest BCUT2D eigenvalue weighted by Crippen LogP contribution is -2.38. The van der Waals surface area contributed by atoms with Gasteiger partial charge in [0.1, 0.15) is 5.82 Å². The van der Waals surface area contributed by atoms with Crippen molar-refractivity contribution in [3.05, 3.63) is 70.5 Å². The third-order valence-corrected chi connectivity index (χ3v) is 3.46. The maximum absolute atomic E-state index is 13.5. The smallest absolute Gasteiger partial charge is 0.191 e. The predicted molar refractivity (Wildman–Crippen MR) is 105 cm³/mol. The summed E-state index contributed by atoms with van der Waals surface area (Å²) in [4.78, 5) is 4.13. The van der Waals surface area contributed by atoms with Gasteiger partial charge < -0.3 is 10.6 Å². The molecule has 0 bridgehead atoms. The third-order valence-electron chi connectivity index (χ3n) is 3.22. The second kappa shape index (κ2) is 10.4. The van der Waals surface area contributed by atoms with E-state index in [0.29, 0.717) is 18.1 Å². The van der Waals surface area contributed by atoms with E-state index in [-0.39, 0.29) is 29.8 Å². The number of hydrogen-bond acceptors (Lipinski definition) is 1. The lowest BCUT2D eigenvalue weighted by molar-refractivity contribution is 0.604. The van der Waals surface area contributed by atoms with Crippen LogP contribution in [0, 0.1) is 5.82 Å². The first-order valence-electron chi connectivity index (χ1n) is 7.11. The number of aliphatic imine (C=N–C) groups is 1. The first-order chi connectivity index (χ1) is 10.7. The molecule has 124 valence electrons. The molecule has 0 aromatic heterocycles. The molecule has 6 heteroatoms. The maximum Gasteiger partial charge on any atom is 0.191 e. The molecule has 0 saturated carbocycles. The van der Waals surface area contributed by atoms with E-state index >= 15 is 0 Å². The van der Waals surface area contributed by atoms with Crippen LogP contribution in [0.4, 0.5) is 4.39 Å². The molecule has 0 saturated heterocycles. The summed E-state index contributed by atoms with van der Waals surface area (Å²) in [5, 5.41) is 7.03. The van der Waals surface area contributed by atoms with Crippen LogP contribution >= 0.6 is 35.6 Å². The fourth-order valence-electron chi connectivity index (χ4n) is 2.06. The van der Waals surface area contributed by atoms with Crippen molar-refractivity contribution in [2.45, 2.75) is 13.0 Å². The molecule has 0 aliphatic carbocycles. The monoisotopic (exact) mass is 447 g/mol. The highest BCUT2D eigenvalue weighted by Crippen LogP contribution is 2.10. The van der Waals surface area contributed by atoms with E-state index in [0.717, 1.165) is 23.6 Å². The number of guanidine groups is 1. The van der Waals surface area contributed by atoms with E-state index in [4.69, 9.17) is 11.6 Å². The van der Waals surface area contributed by atoms with Gasteiger partial charge in [0.25, 0.3) is 0 Å². The second-order valence-electron chi connectivity index (χ2n) is 4.82. The maximum atomic E-state index is 13.5. The van der Waals surface area contributed by atoms with Crippen LogP contribution in [0.2, 0.25) is 5.02 Å². The van der Waals surface area contributed by atoms with E-state index in [9.17, 15) is 4.39 Å². The average molecular weight is 448 g/mol. The molecule has 0 aliphatic rings. The molecule has 0 radical (unpaired) electrons. The molecule has 0 heterocycles. The van der Waals surface area contributed by atoms with Crippen molar-refractivity contribution in [1.82, 2.24) is 10.6 Å². The van der Waals surface area contributed by atoms with E-state index in [1.165, 1.54) is 6.07 Å². The van der Waals surface area contributed by atoms with Gasteiger partial charge in [-0.15, -0.1) is 24.0 Å². The lowest BCUT2D eigenvalue weighted by atomic mass is 10.1. The van der Waals surface area contributed by atoms with Crippen molar-refractivity contribution in [2.75, 3.05) is 13.6 Å². The first-order valence-corrected chi connectivity index (χ1v) is 7.49. The number of hydrogen-bond donors (Lipinski definition) is 2. The number of halogens is 3. The highest BCUT2D eigenvalue weighted by atomic mass is 127. The topological polar surface area (TPSA) is 36.4 Å². The van der Waals surface area contributed by atoms with Gasteiger partial charge in [-0.2, -0.15) is 0 Å². The molecule has 2 aromatic rings. The summed E-state index contributed by atoms with van der Waals surface area (Å²) in [6.45, 7) is 1.11. The van der Waals surface area contributed by atoms with Crippen LogP contribution in [-0.4, -0.2) is 19.6 Å². The van der Waals surface area contributed by atoms with Crippen molar-refractivity contribution >= 4 is 41.5 Å². The van der Waals surface area contributed by atoms with Gasteiger partial charge in [-0.25, -0.2) is 4.39 Å². The zero-order valence-electron chi connectivity index (χ0n) is 12.9. The molecule has 0 amide bonds. The quantitative estimate of drug-likeness (QED) is 0.413. The van der Waals surface area contributed by atoms with E-state index < -0.39 is 0 Å². The largest absolute Gasteiger partial charge is 0.356 e. The zero-order chi connectivity index (χ0) is 15.8. The zero-order valence-corrected chi connectivity index (χ0v) is 15.9. The Hall–Kier alpha value is -1.34. The van der Waals surface area contributed by atoms with Crippen molar-refractivity contribution in [3.63, 3.8) is 0 Å². The summed E-state index contributed by atoms with van der Waals surface area (Å²) in [5.41, 5.74) is 1.77. The second-order valence-corrected chi connectivity index (χ2v) is 5.26. The molecule has 0 aliphatic heterocycles. The van der Waals surface area contributed by atoms with E-state index in [1.807, 2.05) is 30.3 Å². The van der Waals surface area contributed by atoms with Crippen molar-refractivity contribution in [1.29, 1.82) is 0 Å². The molecule has 2 aromatic carbocycles. The SMILES string of the molecule is CN=C(NCCc1cccc(Cl)c1)NCc1ccccc1F.I. The van der Waals surface area contributed by atoms with Gasteiger partial charge in [-0.05, 0) is 30.2 Å². The summed E-state index contributed by atoms with van der Waals surface area (Å²) in [6.07, 6.45) is 0.834. The van der Waals surface area contributed by atoms with E-state index in [1.54, 1.807) is 19.2 Å². The Morgan fingerprint density at radius 2 is 1.91 bits per heavy atom. The molecule has 0 fully saturated rings. The molecular weight excluding hydrogens is 428 g/mol. The van der Waals surface area contributed by atoms with Crippen LogP contribution < -0.4 is 10.6 Å². The number of rotatable bonds is 5. The van der Waals surface area contributed by atoms with Crippen molar-refractivity contribution in [2.24, 2.45) is 4.99 Å². The van der Waals surface area contributed by atoms with Gasteiger partial charge in [-0.1, -0.05) is 41.9 Å². The van der Waals surface area contributed by atoms with Gasteiger partial charge >= 0.3 is 0 Å². The molecular formula is C17H20ClFIN3. The number of nitrogens with one attached hydrogen (secondary N) is 2. The van der Waals surface area contributed by atoms with Gasteiger partial charge in [-0.3, -0.25) is 4.99 Å². The van der Waals surface area contributed by atoms with Gasteiger partial charge in [0.2, 0.25) is 0 Å². The molecule has 0 atom stereocenters. The summed E-state index contributed by atoms with van der Waals surface area (Å²) in [6, 6.07) is 14.5. The Balaban J connectivity index is 0.00000264. The number of benzene rings is 2. The fourth-order valence-corrected chi connectivity index (χ4v) is 2.27. The van der Waals surface area contributed by atoms with Crippen LogP contribution in [0.25, 0.3) is 0 Å². The Morgan fingerprint density at radius 3 is 2.61 bits per heavy atom. The third kappa shape index (κ3) is 6.74. The fraction of sp³-hybridized carbons (Fsp3) is 0.235. The predicted octanol–water partition coefficient (Wildman–Crippen LogP) is 4.00. The Morgan fingerprint density at radius 1 is 1.13 bits per heavy atom. The lowest BCUT2D eigenvalue weighted by Gasteiger charge is -2.12. The minimum absolute atomic E-state index is 0. The van der Waals surface area contributed by atoms with Crippen LogP contribution in [0.15, 0.2) is 53.5 Å². The molecule has 23 heavy (non-hydrogen) atoms. The molecule has 0 spiro atoms. The summed E-state index contributed by atoms with van der Waals surface area (Å²) >= 11 is 5.95. The van der Waals surface area contributed by atoms with Gasteiger partial charge in [0.05, 0.1) is 0 Å².